The molecule has 0 amide bonds. The first kappa shape index (κ1) is 4.17. The fourth-order valence-corrected chi connectivity index (χ4v) is 0.290. The Balaban J connectivity index is 3.04. The lowest BCUT2D eigenvalue weighted by Crippen LogP contribution is -1.89. The van der Waals surface area contributed by atoms with Crippen LogP contribution in [0.25, 0.3) is 0 Å². The van der Waals surface area contributed by atoms with Gasteiger partial charge in [0.15, 0.2) is 5.82 Å². The summed E-state index contributed by atoms with van der Waals surface area (Å²) < 4.78 is 1.05. The van der Waals surface area contributed by atoms with Gasteiger partial charge in [-0.3, -0.25) is 0 Å². The Bertz CT molecular complexity index is 142. The number of hydrogen-bond donors (Lipinski definition) is 1. The highest BCUT2D eigenvalue weighted by molar-refractivity contribution is 6.05. The van der Waals surface area contributed by atoms with Crippen LogP contribution in [-0.2, 0) is 0 Å². The number of nitrogens with two attached hydrogens (primary N) is 1. The van der Waals surface area contributed by atoms with Gasteiger partial charge in [0.05, 0.1) is 6.20 Å². The third-order valence-corrected chi connectivity index (χ3v) is 0.528. The van der Waals surface area contributed by atoms with Crippen molar-refractivity contribution in [3.63, 3.8) is 0 Å². The molecule has 2 radical (unpaired) electrons. The predicted octanol–water partition coefficient (Wildman–Crippen LogP) is -1.21. The van der Waals surface area contributed by atoms with Gasteiger partial charge in [-0.2, -0.15) is 0 Å². The molecule has 0 bridgehead atoms. The second-order valence-corrected chi connectivity index (χ2v) is 1.12. The van der Waals surface area contributed by atoms with E-state index in [1.54, 1.807) is 0 Å². The minimum Gasteiger partial charge on any atom is -0.381 e. The standard InChI is InChI=1S/C2H3BN4/c3-7-1-2(4)5-6-7/h1H,4H2. The van der Waals surface area contributed by atoms with E-state index in [0.717, 1.165) is 4.59 Å². The molecule has 2 N–H and O–H groups in total. The van der Waals surface area contributed by atoms with Crippen molar-refractivity contribution in [2.45, 2.75) is 0 Å². The van der Waals surface area contributed by atoms with Crippen LogP contribution in [0.15, 0.2) is 6.20 Å². The van der Waals surface area contributed by atoms with Gasteiger partial charge in [0.25, 0.3) is 7.98 Å². The van der Waals surface area contributed by atoms with Gasteiger partial charge in [0, 0.05) is 0 Å². The molecule has 0 aliphatic carbocycles. The van der Waals surface area contributed by atoms with Crippen molar-refractivity contribution in [2.24, 2.45) is 0 Å². The Kier molecular flexibility index (Phi) is 0.747. The molecule has 0 fully saturated rings. The topological polar surface area (TPSA) is 56.7 Å². The van der Waals surface area contributed by atoms with Crippen LogP contribution < -0.4 is 5.73 Å². The second-order valence-electron chi connectivity index (χ2n) is 1.12. The fraction of sp³-hybridized carbons (Fsp3) is 0. The molecule has 0 atom stereocenters. The normalized spacial score (nSPS) is 9.14. The molecule has 1 aromatic rings. The van der Waals surface area contributed by atoms with Gasteiger partial charge in [-0.05, 0) is 0 Å². The van der Waals surface area contributed by atoms with Crippen LogP contribution in [0.1, 0.15) is 0 Å². The van der Waals surface area contributed by atoms with Crippen LogP contribution in [0.2, 0.25) is 0 Å². The summed E-state index contributed by atoms with van der Waals surface area (Å²) >= 11 is 0. The molecule has 34 valence electrons. The maximum atomic E-state index is 5.10. The largest absolute Gasteiger partial charge is 0.381 e. The maximum absolute atomic E-state index is 5.10. The first-order chi connectivity index (χ1) is 3.29. The Hall–Kier alpha value is -0.995. The molecular weight excluding hydrogens is 90.9 g/mol. The first-order valence-corrected chi connectivity index (χ1v) is 1.72. The highest BCUT2D eigenvalue weighted by Crippen LogP contribution is 1.85. The second kappa shape index (κ2) is 1.25. The van der Waals surface area contributed by atoms with Crippen molar-refractivity contribution < 1.29 is 0 Å². The number of hydrogen-bond acceptors (Lipinski definition) is 3. The summed E-state index contributed by atoms with van der Waals surface area (Å²) in [6.45, 7) is 0. The van der Waals surface area contributed by atoms with Crippen molar-refractivity contribution in [2.75, 3.05) is 5.73 Å². The van der Waals surface area contributed by atoms with Crippen LogP contribution in [0.5, 0.6) is 0 Å². The highest BCUT2D eigenvalue weighted by atomic mass is 15.4. The summed E-state index contributed by atoms with van der Waals surface area (Å²) in [7, 11) is 5.04. The Morgan fingerprint density at radius 3 is 2.71 bits per heavy atom. The molecule has 5 heteroatoms. The third kappa shape index (κ3) is 0.705. The quantitative estimate of drug-likeness (QED) is 0.410. The smallest absolute Gasteiger partial charge is 0.266 e. The highest BCUT2D eigenvalue weighted by Gasteiger charge is 1.84. The van der Waals surface area contributed by atoms with Crippen LogP contribution in [0, 0.1) is 0 Å². The zero-order valence-corrected chi connectivity index (χ0v) is 3.57. The molecule has 0 aliphatic rings. The van der Waals surface area contributed by atoms with Crippen LogP contribution in [0.4, 0.5) is 5.82 Å². The first-order valence-electron chi connectivity index (χ1n) is 1.72. The number of aromatic nitrogens is 3. The molecule has 0 aliphatic heterocycles. The van der Waals surface area contributed by atoms with E-state index in [0.29, 0.717) is 5.82 Å². The average molecular weight is 93.9 g/mol. The number of anilines is 1. The summed E-state index contributed by atoms with van der Waals surface area (Å²) in [5, 5.41) is 6.72. The van der Waals surface area contributed by atoms with Crippen molar-refractivity contribution in [1.29, 1.82) is 0 Å². The van der Waals surface area contributed by atoms with E-state index < -0.39 is 0 Å². The number of nitrogen functional groups attached to an aromatic ring is 1. The fourth-order valence-electron chi connectivity index (χ4n) is 0.290. The summed E-state index contributed by atoms with van der Waals surface area (Å²) in [6, 6.07) is 0. The van der Waals surface area contributed by atoms with E-state index in [2.05, 4.69) is 10.3 Å². The molecule has 0 saturated heterocycles. The van der Waals surface area contributed by atoms with Gasteiger partial charge in [0.2, 0.25) is 0 Å². The number of rotatable bonds is 0. The molecular formula is C2H3BN4. The van der Waals surface area contributed by atoms with Crippen molar-refractivity contribution in [3.05, 3.63) is 6.20 Å². The maximum Gasteiger partial charge on any atom is 0.266 e. The van der Waals surface area contributed by atoms with E-state index >= 15 is 0 Å². The van der Waals surface area contributed by atoms with E-state index in [-0.39, 0.29) is 0 Å². The van der Waals surface area contributed by atoms with Gasteiger partial charge in [-0.15, -0.1) is 5.10 Å². The molecule has 1 aromatic heterocycles. The minimum atomic E-state index is 0.336. The summed E-state index contributed by atoms with van der Waals surface area (Å²) in [6.07, 6.45) is 1.42. The van der Waals surface area contributed by atoms with Gasteiger partial charge in [-0.25, -0.2) is 0 Å². The Morgan fingerprint density at radius 2 is 2.57 bits per heavy atom. The molecule has 7 heavy (non-hydrogen) atoms. The Labute approximate surface area is 41.7 Å². The van der Waals surface area contributed by atoms with Crippen LogP contribution >= 0.6 is 0 Å². The van der Waals surface area contributed by atoms with Crippen molar-refractivity contribution in [3.8, 4) is 0 Å². The van der Waals surface area contributed by atoms with E-state index in [1.807, 2.05) is 0 Å². The zero-order valence-electron chi connectivity index (χ0n) is 3.57. The third-order valence-electron chi connectivity index (χ3n) is 0.528. The van der Waals surface area contributed by atoms with Crippen LogP contribution in [-0.4, -0.2) is 22.9 Å². The predicted molar refractivity (Wildman–Crippen MR) is 25.6 cm³/mol. The van der Waals surface area contributed by atoms with Gasteiger partial charge in [0.1, 0.15) is 0 Å². The van der Waals surface area contributed by atoms with Gasteiger partial charge < -0.3 is 10.3 Å². The zero-order chi connectivity index (χ0) is 5.28. The summed E-state index contributed by atoms with van der Waals surface area (Å²) in [5.74, 6) is 0.336. The van der Waals surface area contributed by atoms with Gasteiger partial charge in [-0.1, -0.05) is 5.21 Å². The average Bonchev–Trinajstić information content (AvgIpc) is 1.87. The number of nitrogens with zero attached hydrogens (tertiary/aromatic N) is 3. The Morgan fingerprint density at radius 1 is 1.86 bits per heavy atom. The molecule has 0 saturated carbocycles. The molecule has 0 unspecified atom stereocenters. The monoisotopic (exact) mass is 94.0 g/mol. The lowest BCUT2D eigenvalue weighted by molar-refractivity contribution is 0.880. The molecule has 1 rings (SSSR count). The lowest BCUT2D eigenvalue weighted by Gasteiger charge is -1.75. The van der Waals surface area contributed by atoms with Crippen molar-refractivity contribution in [1.82, 2.24) is 14.9 Å². The molecule has 0 aromatic carbocycles. The summed E-state index contributed by atoms with van der Waals surface area (Å²) in [5.41, 5.74) is 5.10. The van der Waals surface area contributed by atoms with E-state index in [1.165, 1.54) is 6.20 Å². The SMILES string of the molecule is [B]n1cc(N)nn1. The van der Waals surface area contributed by atoms with Gasteiger partial charge >= 0.3 is 0 Å². The van der Waals surface area contributed by atoms with Crippen molar-refractivity contribution >= 4 is 13.8 Å². The van der Waals surface area contributed by atoms with E-state index in [9.17, 15) is 0 Å². The summed E-state index contributed by atoms with van der Waals surface area (Å²) in [4.78, 5) is 0. The van der Waals surface area contributed by atoms with E-state index in [4.69, 9.17) is 13.7 Å². The molecule has 4 nitrogen and oxygen atoms in total. The minimum absolute atomic E-state index is 0.336. The van der Waals surface area contributed by atoms with Crippen LogP contribution in [0.3, 0.4) is 0 Å². The lowest BCUT2D eigenvalue weighted by atomic mass is 10.4. The molecule has 0 spiro atoms. The molecule has 1 heterocycles.